The summed E-state index contributed by atoms with van der Waals surface area (Å²) in [7, 11) is 0. The van der Waals surface area contributed by atoms with E-state index in [1.807, 2.05) is 36.4 Å². The van der Waals surface area contributed by atoms with Gasteiger partial charge in [0, 0.05) is 0 Å². The highest BCUT2D eigenvalue weighted by Gasteiger charge is 2.03. The van der Waals surface area contributed by atoms with Crippen LogP contribution in [0, 0.1) is 0 Å². The highest BCUT2D eigenvalue weighted by atomic mass is 16.5. The van der Waals surface area contributed by atoms with Crippen molar-refractivity contribution in [3.63, 3.8) is 0 Å². The summed E-state index contributed by atoms with van der Waals surface area (Å²) in [5, 5.41) is 0. The minimum absolute atomic E-state index is 0.460. The number of aromatic amines is 1. The van der Waals surface area contributed by atoms with Crippen molar-refractivity contribution < 1.29 is 4.74 Å². The average Bonchev–Trinajstić information content (AvgIpc) is 2.88. The van der Waals surface area contributed by atoms with Gasteiger partial charge in [-0.25, -0.2) is 4.98 Å². The van der Waals surface area contributed by atoms with Crippen LogP contribution in [-0.2, 0) is 13.0 Å². The van der Waals surface area contributed by atoms with Crippen molar-refractivity contribution in [2.24, 2.45) is 0 Å². The number of benzene rings is 2. The molecule has 0 aliphatic heterocycles. The van der Waals surface area contributed by atoms with E-state index >= 15 is 0 Å². The number of aromatic nitrogens is 2. The maximum atomic E-state index is 5.77. The number of H-pyrrole nitrogens is 1. The molecule has 0 bridgehead atoms. The lowest BCUT2D eigenvalue weighted by Crippen LogP contribution is -1.97. The number of para-hydroxylation sites is 2. The van der Waals surface area contributed by atoms with Crippen LogP contribution < -0.4 is 4.74 Å². The predicted octanol–water partition coefficient (Wildman–Crippen LogP) is 3.70. The minimum Gasteiger partial charge on any atom is -0.486 e. The van der Waals surface area contributed by atoms with Gasteiger partial charge < -0.3 is 9.72 Å². The summed E-state index contributed by atoms with van der Waals surface area (Å²) < 4.78 is 5.77. The Morgan fingerprint density at radius 1 is 1.11 bits per heavy atom. The second kappa shape index (κ2) is 5.14. The number of hydrogen-bond acceptors (Lipinski definition) is 2. The molecule has 0 saturated carbocycles. The highest BCUT2D eigenvalue weighted by Crippen LogP contribution is 2.16. The molecule has 0 unspecified atom stereocenters. The second-order valence-corrected chi connectivity index (χ2v) is 4.49. The van der Waals surface area contributed by atoms with Crippen LogP contribution in [0.15, 0.2) is 48.5 Å². The number of nitrogens with one attached hydrogen (secondary N) is 1. The molecule has 0 spiro atoms. The summed E-state index contributed by atoms with van der Waals surface area (Å²) in [5.41, 5.74) is 3.30. The number of nitrogens with zero attached hydrogens (tertiary/aromatic N) is 1. The largest absolute Gasteiger partial charge is 0.486 e. The van der Waals surface area contributed by atoms with Gasteiger partial charge in [0.2, 0.25) is 0 Å². The molecular weight excluding hydrogens is 236 g/mol. The molecule has 2 aromatic carbocycles. The van der Waals surface area contributed by atoms with Gasteiger partial charge in [0.25, 0.3) is 0 Å². The first-order valence-corrected chi connectivity index (χ1v) is 6.50. The Kier molecular flexibility index (Phi) is 3.19. The predicted molar refractivity (Wildman–Crippen MR) is 76.2 cm³/mol. The Bertz CT molecular complexity index is 655. The third-order valence-electron chi connectivity index (χ3n) is 3.12. The lowest BCUT2D eigenvalue weighted by molar-refractivity contribution is 0.297. The Morgan fingerprint density at radius 3 is 2.84 bits per heavy atom. The first-order valence-electron chi connectivity index (χ1n) is 6.50. The number of ether oxygens (including phenoxy) is 1. The number of rotatable bonds is 4. The van der Waals surface area contributed by atoms with Crippen LogP contribution in [0.5, 0.6) is 5.75 Å². The molecular formula is C16H16N2O. The smallest absolute Gasteiger partial charge is 0.146 e. The topological polar surface area (TPSA) is 37.9 Å². The molecule has 0 aliphatic carbocycles. The molecule has 0 saturated heterocycles. The fourth-order valence-electron chi connectivity index (χ4n) is 2.08. The van der Waals surface area contributed by atoms with Gasteiger partial charge in [-0.05, 0) is 36.2 Å². The normalized spacial score (nSPS) is 10.8. The number of imidazole rings is 1. The van der Waals surface area contributed by atoms with E-state index in [0.717, 1.165) is 29.0 Å². The van der Waals surface area contributed by atoms with Gasteiger partial charge >= 0.3 is 0 Å². The molecule has 3 aromatic rings. The van der Waals surface area contributed by atoms with Gasteiger partial charge in [-0.15, -0.1) is 0 Å². The van der Waals surface area contributed by atoms with Crippen molar-refractivity contribution in [1.29, 1.82) is 0 Å². The maximum Gasteiger partial charge on any atom is 0.146 e. The lowest BCUT2D eigenvalue weighted by atomic mass is 10.2. The van der Waals surface area contributed by atoms with Crippen LogP contribution in [0.4, 0.5) is 0 Å². The van der Waals surface area contributed by atoms with Crippen LogP contribution in [0.25, 0.3) is 11.0 Å². The number of aryl methyl sites for hydroxylation is 1. The molecule has 19 heavy (non-hydrogen) atoms. The molecule has 1 aromatic heterocycles. The van der Waals surface area contributed by atoms with Crippen LogP contribution in [0.1, 0.15) is 18.3 Å². The maximum absolute atomic E-state index is 5.77. The van der Waals surface area contributed by atoms with E-state index in [0.29, 0.717) is 6.61 Å². The minimum atomic E-state index is 0.460. The van der Waals surface area contributed by atoms with Gasteiger partial charge in [-0.3, -0.25) is 0 Å². The zero-order chi connectivity index (χ0) is 13.1. The van der Waals surface area contributed by atoms with Crippen LogP contribution >= 0.6 is 0 Å². The molecule has 3 rings (SSSR count). The van der Waals surface area contributed by atoms with Crippen molar-refractivity contribution in [3.05, 3.63) is 59.9 Å². The molecule has 0 atom stereocenters. The van der Waals surface area contributed by atoms with Gasteiger partial charge in [-0.1, -0.05) is 31.2 Å². The quantitative estimate of drug-likeness (QED) is 0.768. The van der Waals surface area contributed by atoms with Crippen molar-refractivity contribution in [2.75, 3.05) is 0 Å². The Morgan fingerprint density at radius 2 is 2.00 bits per heavy atom. The Balaban J connectivity index is 1.74. The van der Waals surface area contributed by atoms with E-state index in [9.17, 15) is 0 Å². The molecule has 3 heteroatoms. The molecule has 96 valence electrons. The van der Waals surface area contributed by atoms with Crippen molar-refractivity contribution >= 4 is 11.0 Å². The Labute approximate surface area is 112 Å². The van der Waals surface area contributed by atoms with Gasteiger partial charge in [0.15, 0.2) is 0 Å². The third kappa shape index (κ3) is 2.60. The molecule has 0 amide bonds. The Hall–Kier alpha value is -2.29. The summed E-state index contributed by atoms with van der Waals surface area (Å²) in [6, 6.07) is 16.2. The summed E-state index contributed by atoms with van der Waals surface area (Å²) in [5.74, 6) is 1.74. The second-order valence-electron chi connectivity index (χ2n) is 4.49. The first kappa shape index (κ1) is 11.8. The fraction of sp³-hybridized carbons (Fsp3) is 0.188. The van der Waals surface area contributed by atoms with Crippen molar-refractivity contribution in [1.82, 2.24) is 9.97 Å². The average molecular weight is 252 g/mol. The number of fused-ring (bicyclic) bond motifs is 1. The molecule has 1 N–H and O–H groups in total. The highest BCUT2D eigenvalue weighted by molar-refractivity contribution is 5.74. The first-order chi connectivity index (χ1) is 9.35. The van der Waals surface area contributed by atoms with Crippen molar-refractivity contribution in [3.8, 4) is 5.75 Å². The third-order valence-corrected chi connectivity index (χ3v) is 3.12. The molecule has 0 fully saturated rings. The van der Waals surface area contributed by atoms with E-state index in [4.69, 9.17) is 4.74 Å². The van der Waals surface area contributed by atoms with E-state index < -0.39 is 0 Å². The fourth-order valence-corrected chi connectivity index (χ4v) is 2.08. The van der Waals surface area contributed by atoms with Gasteiger partial charge in [0.05, 0.1) is 11.0 Å². The standard InChI is InChI=1S/C16H16N2O/c1-2-12-6-5-7-13(10-12)19-11-16-17-14-8-3-4-9-15(14)18-16/h3-10H,2,11H2,1H3,(H,17,18). The van der Waals surface area contributed by atoms with Gasteiger partial charge in [0.1, 0.15) is 18.2 Å². The summed E-state index contributed by atoms with van der Waals surface area (Å²) in [6.07, 6.45) is 1.02. The molecule has 1 heterocycles. The van der Waals surface area contributed by atoms with Crippen LogP contribution in [0.3, 0.4) is 0 Å². The summed E-state index contributed by atoms with van der Waals surface area (Å²) >= 11 is 0. The van der Waals surface area contributed by atoms with E-state index in [1.165, 1.54) is 5.56 Å². The molecule has 3 nitrogen and oxygen atoms in total. The van der Waals surface area contributed by atoms with Gasteiger partial charge in [-0.2, -0.15) is 0 Å². The van der Waals surface area contributed by atoms with Crippen molar-refractivity contribution in [2.45, 2.75) is 20.0 Å². The monoisotopic (exact) mass is 252 g/mol. The van der Waals surface area contributed by atoms with Crippen LogP contribution in [0.2, 0.25) is 0 Å². The van der Waals surface area contributed by atoms with Crippen LogP contribution in [-0.4, -0.2) is 9.97 Å². The SMILES string of the molecule is CCc1cccc(OCc2nc3ccccc3[nH]2)c1. The van der Waals surface area contributed by atoms with E-state index in [1.54, 1.807) is 0 Å². The summed E-state index contributed by atoms with van der Waals surface area (Å²) in [4.78, 5) is 7.75. The number of hydrogen-bond donors (Lipinski definition) is 1. The zero-order valence-electron chi connectivity index (χ0n) is 10.9. The summed E-state index contributed by atoms with van der Waals surface area (Å²) in [6.45, 7) is 2.60. The van der Waals surface area contributed by atoms with E-state index in [-0.39, 0.29) is 0 Å². The van der Waals surface area contributed by atoms with E-state index in [2.05, 4.69) is 29.0 Å². The zero-order valence-corrected chi connectivity index (χ0v) is 10.9. The lowest BCUT2D eigenvalue weighted by Gasteiger charge is -2.05. The molecule has 0 radical (unpaired) electrons. The molecule has 0 aliphatic rings.